The average molecular weight is 332 g/mol. The number of hydrogen-bond acceptors (Lipinski definition) is 4. The fourth-order valence-electron chi connectivity index (χ4n) is 1.96. The molecular formula is C13H14ClNO5S. The van der Waals surface area contributed by atoms with Gasteiger partial charge in [-0.1, -0.05) is 11.6 Å². The Balaban J connectivity index is 1.84. The first-order chi connectivity index (χ1) is 9.81. The fourth-order valence-corrected chi connectivity index (χ4v) is 3.24. The predicted molar refractivity (Wildman–Crippen MR) is 75.7 cm³/mol. The summed E-state index contributed by atoms with van der Waals surface area (Å²) in [6.45, 7) is -0.0490. The third-order valence-electron chi connectivity index (χ3n) is 3.29. The Morgan fingerprint density at radius 1 is 1.24 bits per heavy atom. The van der Waals surface area contributed by atoms with E-state index in [1.54, 1.807) is 0 Å². The quantitative estimate of drug-likeness (QED) is 0.808. The lowest BCUT2D eigenvalue weighted by Gasteiger charge is -2.06. The second kappa shape index (κ2) is 6.03. The number of aliphatic carboxylic acids is 1. The number of carboxylic acid groups (broad SMARTS) is 1. The van der Waals surface area contributed by atoms with Crippen LogP contribution in [0.4, 0.5) is 0 Å². The van der Waals surface area contributed by atoms with Gasteiger partial charge in [-0.05, 0) is 30.7 Å². The molecule has 1 aromatic rings. The van der Waals surface area contributed by atoms with Crippen molar-refractivity contribution >= 4 is 33.3 Å². The summed E-state index contributed by atoms with van der Waals surface area (Å²) in [6, 6.07) is 5.77. The zero-order chi connectivity index (χ0) is 15.6. The van der Waals surface area contributed by atoms with Crippen LogP contribution in [0.25, 0.3) is 0 Å². The Morgan fingerprint density at radius 2 is 1.86 bits per heavy atom. The molecule has 1 aromatic carbocycles. The first kappa shape index (κ1) is 15.8. The van der Waals surface area contributed by atoms with E-state index in [9.17, 15) is 18.0 Å². The lowest BCUT2D eigenvalue weighted by atomic mass is 10.3. The number of benzene rings is 1. The van der Waals surface area contributed by atoms with Gasteiger partial charge in [0.05, 0.1) is 22.5 Å². The standard InChI is InChI=1S/C13H14ClNO5S/c14-8-1-3-9(4-2-8)21(19,20)6-5-15-12(16)10-7-11(10)13(17)18/h1-4,10-11H,5-7H2,(H,15,16)(H,17,18)/t10-,11-/m0/s1. The predicted octanol–water partition coefficient (Wildman–Crippen LogP) is 0.951. The number of halogens is 1. The van der Waals surface area contributed by atoms with Gasteiger partial charge in [0.15, 0.2) is 9.84 Å². The Hall–Kier alpha value is -1.60. The van der Waals surface area contributed by atoms with Gasteiger partial charge in [-0.2, -0.15) is 0 Å². The highest BCUT2D eigenvalue weighted by atomic mass is 35.5. The molecule has 6 nitrogen and oxygen atoms in total. The van der Waals surface area contributed by atoms with Crippen molar-refractivity contribution in [2.75, 3.05) is 12.3 Å². The molecule has 0 aliphatic heterocycles. The molecule has 2 rings (SSSR count). The van der Waals surface area contributed by atoms with Crippen LogP contribution in [0.5, 0.6) is 0 Å². The number of carbonyl (C=O) groups excluding carboxylic acids is 1. The molecular weight excluding hydrogens is 318 g/mol. The number of carboxylic acids is 1. The van der Waals surface area contributed by atoms with Crippen LogP contribution in [0, 0.1) is 11.8 Å². The molecule has 0 radical (unpaired) electrons. The molecule has 0 bridgehead atoms. The highest BCUT2D eigenvalue weighted by Gasteiger charge is 2.48. The van der Waals surface area contributed by atoms with Gasteiger partial charge in [0.1, 0.15) is 0 Å². The van der Waals surface area contributed by atoms with Crippen LogP contribution in [-0.4, -0.2) is 37.7 Å². The second-order valence-corrected chi connectivity index (χ2v) is 7.40. The normalized spacial score (nSPS) is 20.8. The van der Waals surface area contributed by atoms with Gasteiger partial charge in [-0.15, -0.1) is 0 Å². The Bertz CT molecular complexity index is 656. The summed E-state index contributed by atoms with van der Waals surface area (Å²) < 4.78 is 24.0. The first-order valence-corrected chi connectivity index (χ1v) is 8.33. The van der Waals surface area contributed by atoms with E-state index in [1.807, 2.05) is 0 Å². The first-order valence-electron chi connectivity index (χ1n) is 6.30. The summed E-state index contributed by atoms with van der Waals surface area (Å²) in [6.07, 6.45) is 0.311. The van der Waals surface area contributed by atoms with Crippen molar-refractivity contribution in [2.45, 2.75) is 11.3 Å². The van der Waals surface area contributed by atoms with E-state index in [-0.39, 0.29) is 17.2 Å². The Labute approximate surface area is 127 Å². The van der Waals surface area contributed by atoms with E-state index in [0.717, 1.165) is 0 Å². The Kier molecular flexibility index (Phi) is 4.53. The minimum absolute atomic E-state index is 0.0490. The molecule has 1 aliphatic carbocycles. The Morgan fingerprint density at radius 3 is 2.38 bits per heavy atom. The van der Waals surface area contributed by atoms with E-state index in [0.29, 0.717) is 11.4 Å². The molecule has 0 unspecified atom stereocenters. The van der Waals surface area contributed by atoms with Crippen LogP contribution < -0.4 is 5.32 Å². The molecule has 0 aromatic heterocycles. The van der Waals surface area contributed by atoms with Crippen LogP contribution >= 0.6 is 11.6 Å². The summed E-state index contributed by atoms with van der Waals surface area (Å²) in [4.78, 5) is 22.4. The van der Waals surface area contributed by atoms with Crippen LogP contribution in [0.15, 0.2) is 29.2 Å². The smallest absolute Gasteiger partial charge is 0.307 e. The van der Waals surface area contributed by atoms with Gasteiger partial charge >= 0.3 is 5.97 Å². The minimum Gasteiger partial charge on any atom is -0.481 e. The molecule has 1 saturated carbocycles. The van der Waals surface area contributed by atoms with Gasteiger partial charge in [0.2, 0.25) is 5.91 Å². The molecule has 0 heterocycles. The highest BCUT2D eigenvalue weighted by Crippen LogP contribution is 2.38. The topological polar surface area (TPSA) is 101 Å². The highest BCUT2D eigenvalue weighted by molar-refractivity contribution is 7.91. The molecule has 1 aliphatic rings. The number of amides is 1. The van der Waals surface area contributed by atoms with E-state index < -0.39 is 33.5 Å². The summed E-state index contributed by atoms with van der Waals surface area (Å²) in [7, 11) is -3.50. The van der Waals surface area contributed by atoms with Crippen LogP contribution in [0.2, 0.25) is 5.02 Å². The van der Waals surface area contributed by atoms with Gasteiger partial charge in [0, 0.05) is 11.6 Å². The maximum atomic E-state index is 12.0. The van der Waals surface area contributed by atoms with Crippen molar-refractivity contribution in [2.24, 2.45) is 11.8 Å². The molecule has 0 spiro atoms. The van der Waals surface area contributed by atoms with Crippen LogP contribution in [0.1, 0.15) is 6.42 Å². The summed E-state index contributed by atoms with van der Waals surface area (Å²) in [5.74, 6) is -2.83. The van der Waals surface area contributed by atoms with Gasteiger partial charge in [-0.25, -0.2) is 8.42 Å². The number of sulfone groups is 1. The number of nitrogens with one attached hydrogen (secondary N) is 1. The fraction of sp³-hybridized carbons (Fsp3) is 0.385. The molecule has 8 heteroatoms. The van der Waals surface area contributed by atoms with Crippen molar-refractivity contribution in [1.29, 1.82) is 0 Å². The number of carbonyl (C=O) groups is 2. The lowest BCUT2D eigenvalue weighted by molar-refractivity contribution is -0.140. The summed E-state index contributed by atoms with van der Waals surface area (Å²) in [5, 5.41) is 11.6. The van der Waals surface area contributed by atoms with E-state index in [4.69, 9.17) is 16.7 Å². The molecule has 2 N–H and O–H groups in total. The SMILES string of the molecule is O=C(O)[C@H]1C[C@@H]1C(=O)NCCS(=O)(=O)c1ccc(Cl)cc1. The van der Waals surface area contributed by atoms with Crippen molar-refractivity contribution in [3.8, 4) is 0 Å². The molecule has 21 heavy (non-hydrogen) atoms. The monoisotopic (exact) mass is 331 g/mol. The number of hydrogen-bond donors (Lipinski definition) is 2. The van der Waals surface area contributed by atoms with Crippen LogP contribution in [-0.2, 0) is 19.4 Å². The van der Waals surface area contributed by atoms with Gasteiger partial charge < -0.3 is 10.4 Å². The molecule has 1 amide bonds. The third-order valence-corrected chi connectivity index (χ3v) is 5.27. The van der Waals surface area contributed by atoms with E-state index in [2.05, 4.69) is 5.32 Å². The maximum Gasteiger partial charge on any atom is 0.307 e. The molecule has 2 atom stereocenters. The molecule has 0 saturated heterocycles. The molecule has 1 fully saturated rings. The second-order valence-electron chi connectivity index (χ2n) is 4.85. The maximum absolute atomic E-state index is 12.0. The largest absolute Gasteiger partial charge is 0.481 e. The van der Waals surface area contributed by atoms with Crippen LogP contribution in [0.3, 0.4) is 0 Å². The van der Waals surface area contributed by atoms with Gasteiger partial charge in [0.25, 0.3) is 0 Å². The van der Waals surface area contributed by atoms with Gasteiger partial charge in [-0.3, -0.25) is 9.59 Å². The third kappa shape index (κ3) is 3.95. The number of rotatable bonds is 6. The zero-order valence-corrected chi connectivity index (χ0v) is 12.5. The molecule has 114 valence electrons. The minimum atomic E-state index is -3.50. The summed E-state index contributed by atoms with van der Waals surface area (Å²) >= 11 is 5.69. The van der Waals surface area contributed by atoms with Crippen molar-refractivity contribution in [3.05, 3.63) is 29.3 Å². The lowest BCUT2D eigenvalue weighted by Crippen LogP contribution is -2.31. The summed E-state index contributed by atoms with van der Waals surface area (Å²) in [5.41, 5.74) is 0. The zero-order valence-electron chi connectivity index (χ0n) is 11.0. The van der Waals surface area contributed by atoms with E-state index >= 15 is 0 Å². The van der Waals surface area contributed by atoms with Crippen molar-refractivity contribution in [3.63, 3.8) is 0 Å². The van der Waals surface area contributed by atoms with E-state index in [1.165, 1.54) is 24.3 Å². The average Bonchev–Trinajstić information content (AvgIpc) is 3.19. The van der Waals surface area contributed by atoms with Crippen molar-refractivity contribution in [1.82, 2.24) is 5.32 Å². The van der Waals surface area contributed by atoms with Crippen molar-refractivity contribution < 1.29 is 23.1 Å².